The quantitative estimate of drug-likeness (QED) is 0.774. The van der Waals surface area contributed by atoms with Gasteiger partial charge >= 0.3 is 0 Å². The third-order valence-corrected chi connectivity index (χ3v) is 3.31. The van der Waals surface area contributed by atoms with E-state index in [1.807, 2.05) is 12.1 Å². The molecule has 14 heavy (non-hydrogen) atoms. The Labute approximate surface area is 86.0 Å². The second-order valence-corrected chi connectivity index (χ2v) is 4.11. The predicted octanol–water partition coefficient (Wildman–Crippen LogP) is 3.04. The molecule has 0 fully saturated rings. The maximum absolute atomic E-state index is 9.60. The van der Waals surface area contributed by atoms with E-state index in [-0.39, 0.29) is 5.75 Å². The van der Waals surface area contributed by atoms with Crippen molar-refractivity contribution in [3.8, 4) is 11.8 Å². The average Bonchev–Trinajstić information content (AvgIpc) is 2.63. The van der Waals surface area contributed by atoms with E-state index in [1.54, 1.807) is 6.07 Å². The lowest BCUT2D eigenvalue weighted by molar-refractivity contribution is 0.482. The normalized spacial score (nSPS) is 10.3. The zero-order valence-corrected chi connectivity index (χ0v) is 8.56. The number of aromatic hydroxyl groups is 1. The van der Waals surface area contributed by atoms with Gasteiger partial charge in [-0.15, -0.1) is 11.3 Å². The number of fused-ring (bicyclic) bond motifs is 1. The summed E-state index contributed by atoms with van der Waals surface area (Å²) in [5, 5.41) is 19.4. The van der Waals surface area contributed by atoms with Gasteiger partial charge in [-0.1, -0.05) is 13.0 Å². The molecule has 0 unspecified atom stereocenters. The summed E-state index contributed by atoms with van der Waals surface area (Å²) >= 11 is 1.34. The molecule has 3 heteroatoms. The zero-order valence-electron chi connectivity index (χ0n) is 7.74. The van der Waals surface area contributed by atoms with Crippen molar-refractivity contribution in [1.82, 2.24) is 0 Å². The van der Waals surface area contributed by atoms with Crippen LogP contribution in [0.1, 0.15) is 17.4 Å². The molecular formula is C11H9NOS. The number of nitrogens with zero attached hydrogens (tertiary/aromatic N) is 1. The van der Waals surface area contributed by atoms with E-state index in [0.29, 0.717) is 4.88 Å². The van der Waals surface area contributed by atoms with Gasteiger partial charge in [0.15, 0.2) is 0 Å². The number of phenolic OH excluding ortho intramolecular Hbond substituents is 1. The summed E-state index contributed by atoms with van der Waals surface area (Å²) in [5.41, 5.74) is 1.18. The zero-order chi connectivity index (χ0) is 10.1. The summed E-state index contributed by atoms with van der Waals surface area (Å²) in [4.78, 5) is 0.649. The Balaban J connectivity index is 2.83. The summed E-state index contributed by atoms with van der Waals surface area (Å²) in [6.07, 6.45) is 0.915. The minimum absolute atomic E-state index is 0.267. The van der Waals surface area contributed by atoms with Crippen molar-refractivity contribution in [2.45, 2.75) is 13.3 Å². The third kappa shape index (κ3) is 1.24. The smallest absolute Gasteiger partial charge is 0.133 e. The molecule has 1 aromatic heterocycles. The van der Waals surface area contributed by atoms with E-state index in [9.17, 15) is 5.11 Å². The van der Waals surface area contributed by atoms with Crippen molar-refractivity contribution < 1.29 is 5.11 Å². The second kappa shape index (κ2) is 3.32. The molecule has 0 saturated heterocycles. The fourth-order valence-electron chi connectivity index (χ4n) is 1.53. The van der Waals surface area contributed by atoms with Crippen molar-refractivity contribution in [3.05, 3.63) is 28.6 Å². The summed E-state index contributed by atoms with van der Waals surface area (Å²) in [7, 11) is 0. The van der Waals surface area contributed by atoms with Crippen molar-refractivity contribution in [2.24, 2.45) is 0 Å². The van der Waals surface area contributed by atoms with Gasteiger partial charge in [-0.3, -0.25) is 0 Å². The molecule has 0 aliphatic rings. The van der Waals surface area contributed by atoms with Crippen molar-refractivity contribution in [3.63, 3.8) is 0 Å². The molecule has 0 atom stereocenters. The first kappa shape index (κ1) is 9.04. The van der Waals surface area contributed by atoms with Crippen LogP contribution in [0.3, 0.4) is 0 Å². The molecule has 2 rings (SSSR count). The fraction of sp³-hybridized carbons (Fsp3) is 0.182. The van der Waals surface area contributed by atoms with E-state index < -0.39 is 0 Å². The maximum atomic E-state index is 9.60. The number of hydrogen-bond acceptors (Lipinski definition) is 3. The van der Waals surface area contributed by atoms with Gasteiger partial charge in [0.25, 0.3) is 0 Å². The van der Waals surface area contributed by atoms with Gasteiger partial charge in [-0.05, 0) is 24.1 Å². The number of nitriles is 1. The van der Waals surface area contributed by atoms with Gasteiger partial charge in [0.1, 0.15) is 16.7 Å². The first-order chi connectivity index (χ1) is 6.76. The van der Waals surface area contributed by atoms with Crippen LogP contribution in [0.15, 0.2) is 18.2 Å². The molecule has 1 aromatic carbocycles. The van der Waals surface area contributed by atoms with Crippen LogP contribution in [-0.2, 0) is 6.42 Å². The Morgan fingerprint density at radius 1 is 1.50 bits per heavy atom. The van der Waals surface area contributed by atoms with Crippen molar-refractivity contribution in [1.29, 1.82) is 5.26 Å². The Bertz CT molecular complexity index is 522. The van der Waals surface area contributed by atoms with Gasteiger partial charge in [0, 0.05) is 5.39 Å². The van der Waals surface area contributed by atoms with E-state index in [0.717, 1.165) is 16.5 Å². The van der Waals surface area contributed by atoms with Crippen LogP contribution in [0.4, 0.5) is 0 Å². The van der Waals surface area contributed by atoms with E-state index in [2.05, 4.69) is 13.0 Å². The molecule has 0 radical (unpaired) electrons. The van der Waals surface area contributed by atoms with Crippen LogP contribution in [-0.4, -0.2) is 5.11 Å². The molecule has 0 aliphatic heterocycles. The third-order valence-electron chi connectivity index (χ3n) is 2.24. The Morgan fingerprint density at radius 3 is 2.93 bits per heavy atom. The molecule has 0 spiro atoms. The Hall–Kier alpha value is -1.53. The Kier molecular flexibility index (Phi) is 2.14. The summed E-state index contributed by atoms with van der Waals surface area (Å²) in [5.74, 6) is 0.267. The van der Waals surface area contributed by atoms with Gasteiger partial charge in [0.2, 0.25) is 0 Å². The number of phenols is 1. The summed E-state index contributed by atoms with van der Waals surface area (Å²) in [6.45, 7) is 2.07. The van der Waals surface area contributed by atoms with Crippen LogP contribution in [0.25, 0.3) is 10.1 Å². The van der Waals surface area contributed by atoms with Gasteiger partial charge < -0.3 is 5.11 Å². The van der Waals surface area contributed by atoms with Crippen LogP contribution in [0, 0.1) is 11.3 Å². The molecule has 1 N–H and O–H groups in total. The standard InChI is InChI=1S/C11H9NOS/c1-2-7-3-4-10(13)11-9(7)5-8(6-12)14-11/h3-5,13H,2H2,1H3. The molecule has 70 valence electrons. The van der Waals surface area contributed by atoms with Crippen molar-refractivity contribution >= 4 is 21.4 Å². The minimum atomic E-state index is 0.267. The van der Waals surface area contributed by atoms with E-state index in [4.69, 9.17) is 5.26 Å². The summed E-state index contributed by atoms with van der Waals surface area (Å²) < 4.78 is 0.820. The molecule has 0 bridgehead atoms. The second-order valence-electron chi connectivity index (χ2n) is 3.06. The minimum Gasteiger partial charge on any atom is -0.506 e. The number of hydrogen-bond donors (Lipinski definition) is 1. The SMILES string of the molecule is CCc1ccc(O)c2sc(C#N)cc12. The average molecular weight is 203 g/mol. The topological polar surface area (TPSA) is 44.0 Å². The lowest BCUT2D eigenvalue weighted by Crippen LogP contribution is -1.79. The predicted molar refractivity (Wildman–Crippen MR) is 57.6 cm³/mol. The van der Waals surface area contributed by atoms with Gasteiger partial charge in [0.05, 0.1) is 4.70 Å². The van der Waals surface area contributed by atoms with Crippen LogP contribution in [0.5, 0.6) is 5.75 Å². The first-order valence-corrected chi connectivity index (χ1v) is 5.22. The monoisotopic (exact) mass is 203 g/mol. The number of rotatable bonds is 1. The number of thiophene rings is 1. The van der Waals surface area contributed by atoms with Crippen LogP contribution < -0.4 is 0 Å². The molecular weight excluding hydrogens is 194 g/mol. The molecule has 2 aromatic rings. The largest absolute Gasteiger partial charge is 0.506 e. The molecule has 0 saturated carbocycles. The molecule has 0 amide bonds. The van der Waals surface area contributed by atoms with Crippen molar-refractivity contribution in [2.75, 3.05) is 0 Å². The first-order valence-electron chi connectivity index (χ1n) is 4.40. The highest BCUT2D eigenvalue weighted by Crippen LogP contribution is 2.34. The van der Waals surface area contributed by atoms with Crippen LogP contribution >= 0.6 is 11.3 Å². The van der Waals surface area contributed by atoms with Crippen LogP contribution in [0.2, 0.25) is 0 Å². The van der Waals surface area contributed by atoms with E-state index >= 15 is 0 Å². The molecule has 1 heterocycles. The highest BCUT2D eigenvalue weighted by atomic mass is 32.1. The summed E-state index contributed by atoms with van der Waals surface area (Å²) in [6, 6.07) is 7.55. The van der Waals surface area contributed by atoms with E-state index in [1.165, 1.54) is 16.9 Å². The Morgan fingerprint density at radius 2 is 2.29 bits per heavy atom. The lowest BCUT2D eigenvalue weighted by Gasteiger charge is -1.99. The van der Waals surface area contributed by atoms with Gasteiger partial charge in [-0.2, -0.15) is 5.26 Å². The number of benzene rings is 1. The molecule has 2 nitrogen and oxygen atoms in total. The number of aryl methyl sites for hydroxylation is 1. The van der Waals surface area contributed by atoms with Gasteiger partial charge in [-0.25, -0.2) is 0 Å². The molecule has 0 aliphatic carbocycles. The lowest BCUT2D eigenvalue weighted by atomic mass is 10.1. The highest BCUT2D eigenvalue weighted by molar-refractivity contribution is 7.19. The maximum Gasteiger partial charge on any atom is 0.133 e. The fourth-order valence-corrected chi connectivity index (χ4v) is 2.44. The highest BCUT2D eigenvalue weighted by Gasteiger charge is 2.08.